The lowest BCUT2D eigenvalue weighted by Gasteiger charge is -2.35. The fourth-order valence-electron chi connectivity index (χ4n) is 5.00. The normalized spacial score (nSPS) is 28.1. The smallest absolute Gasteiger partial charge is 0.0110 e. The zero-order chi connectivity index (χ0) is 15.5. The minimum absolute atomic E-state index is 0.808. The Bertz CT molecular complexity index is 484. The van der Waals surface area contributed by atoms with E-state index in [9.17, 15) is 0 Å². The lowest BCUT2D eigenvalue weighted by atomic mass is 9.84. The van der Waals surface area contributed by atoms with Crippen LogP contribution in [0, 0.1) is 11.3 Å². The Morgan fingerprint density at radius 1 is 0.870 bits per heavy atom. The highest BCUT2D eigenvalue weighted by atomic mass is 15.3. The third-order valence-electron chi connectivity index (χ3n) is 6.71. The van der Waals surface area contributed by atoms with Crippen LogP contribution in [0.4, 0.5) is 0 Å². The summed E-state index contributed by atoms with van der Waals surface area (Å²) in [4.78, 5) is 5.42. The van der Waals surface area contributed by atoms with Crippen LogP contribution in [0.5, 0.6) is 0 Å². The third-order valence-corrected chi connectivity index (χ3v) is 6.71. The van der Waals surface area contributed by atoms with E-state index < -0.39 is 0 Å². The molecule has 2 saturated carbocycles. The second kappa shape index (κ2) is 6.94. The largest absolute Gasteiger partial charge is 0.300 e. The molecule has 3 aliphatic rings. The molecule has 1 spiro atoms. The fraction of sp³-hybridized carbons (Fsp3) is 0.714. The van der Waals surface area contributed by atoms with Crippen molar-refractivity contribution in [2.45, 2.75) is 44.9 Å². The number of benzene rings is 1. The van der Waals surface area contributed by atoms with Gasteiger partial charge >= 0.3 is 0 Å². The molecule has 126 valence electrons. The van der Waals surface area contributed by atoms with E-state index in [1.807, 2.05) is 0 Å². The van der Waals surface area contributed by atoms with Gasteiger partial charge in [0.25, 0.3) is 0 Å². The molecule has 0 amide bonds. The molecule has 1 aromatic rings. The first-order valence-electron chi connectivity index (χ1n) is 9.83. The molecule has 1 atom stereocenters. The zero-order valence-corrected chi connectivity index (χ0v) is 14.6. The summed E-state index contributed by atoms with van der Waals surface area (Å²) in [5.41, 5.74) is 2.29. The van der Waals surface area contributed by atoms with Crippen LogP contribution in [0.25, 0.3) is 0 Å². The number of rotatable bonds is 5. The van der Waals surface area contributed by atoms with E-state index in [4.69, 9.17) is 0 Å². The van der Waals surface area contributed by atoms with Crippen LogP contribution < -0.4 is 0 Å². The Hall–Kier alpha value is -0.860. The van der Waals surface area contributed by atoms with E-state index in [2.05, 4.69) is 40.1 Å². The lowest BCUT2D eigenvalue weighted by Crippen LogP contribution is -2.47. The Morgan fingerprint density at radius 2 is 1.57 bits per heavy atom. The monoisotopic (exact) mass is 312 g/mol. The van der Waals surface area contributed by atoms with Crippen LogP contribution in [0.3, 0.4) is 0 Å². The van der Waals surface area contributed by atoms with Crippen LogP contribution in [0.2, 0.25) is 0 Å². The van der Waals surface area contributed by atoms with Crippen molar-refractivity contribution in [2.24, 2.45) is 11.3 Å². The highest BCUT2D eigenvalue weighted by molar-refractivity contribution is 5.14. The van der Waals surface area contributed by atoms with Crippen LogP contribution >= 0.6 is 0 Å². The van der Waals surface area contributed by atoms with E-state index in [0.29, 0.717) is 0 Å². The van der Waals surface area contributed by atoms with Gasteiger partial charge in [-0.25, -0.2) is 0 Å². The lowest BCUT2D eigenvalue weighted by molar-refractivity contribution is 0.122. The van der Waals surface area contributed by atoms with E-state index >= 15 is 0 Å². The van der Waals surface area contributed by atoms with E-state index in [-0.39, 0.29) is 0 Å². The van der Waals surface area contributed by atoms with Crippen molar-refractivity contribution >= 4 is 0 Å². The van der Waals surface area contributed by atoms with E-state index in [1.165, 1.54) is 83.4 Å². The molecular formula is C21H32N2. The van der Waals surface area contributed by atoms with Crippen molar-refractivity contribution in [2.75, 3.05) is 39.3 Å². The molecule has 0 radical (unpaired) electrons. The summed E-state index contributed by atoms with van der Waals surface area (Å²) >= 11 is 0. The van der Waals surface area contributed by atoms with Crippen LogP contribution in [-0.4, -0.2) is 49.1 Å². The van der Waals surface area contributed by atoms with Crippen molar-refractivity contribution < 1.29 is 0 Å². The molecule has 0 unspecified atom stereocenters. The minimum atomic E-state index is 0.808. The molecule has 0 N–H and O–H groups in total. The van der Waals surface area contributed by atoms with Gasteiger partial charge < -0.3 is 9.80 Å². The van der Waals surface area contributed by atoms with E-state index in [0.717, 1.165) is 11.3 Å². The van der Waals surface area contributed by atoms with Crippen LogP contribution in [0.15, 0.2) is 30.3 Å². The Labute approximate surface area is 141 Å². The maximum atomic E-state index is 2.76. The summed E-state index contributed by atoms with van der Waals surface area (Å²) in [6, 6.07) is 10.9. The molecule has 0 bridgehead atoms. The molecule has 4 rings (SSSR count). The van der Waals surface area contributed by atoms with Crippen LogP contribution in [0.1, 0.15) is 44.1 Å². The maximum absolute atomic E-state index is 2.76. The third kappa shape index (κ3) is 3.80. The molecule has 23 heavy (non-hydrogen) atoms. The van der Waals surface area contributed by atoms with Gasteiger partial charge in [-0.1, -0.05) is 49.6 Å². The average molecular weight is 313 g/mol. The Morgan fingerprint density at radius 3 is 2.30 bits per heavy atom. The molecule has 2 heteroatoms. The van der Waals surface area contributed by atoms with Gasteiger partial charge in [0.15, 0.2) is 0 Å². The van der Waals surface area contributed by atoms with Gasteiger partial charge in [0.2, 0.25) is 0 Å². The molecule has 2 aliphatic carbocycles. The van der Waals surface area contributed by atoms with Crippen molar-refractivity contribution in [3.8, 4) is 0 Å². The highest BCUT2D eigenvalue weighted by Crippen LogP contribution is 2.61. The maximum Gasteiger partial charge on any atom is 0.0110 e. The molecule has 3 fully saturated rings. The topological polar surface area (TPSA) is 6.48 Å². The van der Waals surface area contributed by atoms with Crippen molar-refractivity contribution in [1.82, 2.24) is 9.80 Å². The molecular weight excluding hydrogens is 280 g/mol. The second-order valence-electron chi connectivity index (χ2n) is 8.20. The van der Waals surface area contributed by atoms with Gasteiger partial charge in [-0.15, -0.1) is 0 Å². The summed E-state index contributed by atoms with van der Waals surface area (Å²) in [6.07, 6.45) is 10.3. The first-order valence-corrected chi connectivity index (χ1v) is 9.83. The number of piperazine rings is 1. The quantitative estimate of drug-likeness (QED) is 0.815. The van der Waals surface area contributed by atoms with Gasteiger partial charge in [0.05, 0.1) is 0 Å². The first-order chi connectivity index (χ1) is 11.3. The second-order valence-corrected chi connectivity index (χ2v) is 8.20. The summed E-state index contributed by atoms with van der Waals surface area (Å²) in [6.45, 7) is 7.75. The Balaban J connectivity index is 1.17. The SMILES string of the molecule is c1ccc(CCN2CCN(C[C@@H]3CC34CCCCC4)CC2)cc1. The summed E-state index contributed by atoms with van der Waals surface area (Å²) in [7, 11) is 0. The Kier molecular flexibility index (Phi) is 4.73. The molecule has 1 heterocycles. The van der Waals surface area contributed by atoms with Crippen molar-refractivity contribution in [3.05, 3.63) is 35.9 Å². The summed E-state index contributed by atoms with van der Waals surface area (Å²) in [5, 5.41) is 0. The highest BCUT2D eigenvalue weighted by Gasteiger charge is 2.53. The number of hydrogen-bond acceptors (Lipinski definition) is 2. The van der Waals surface area contributed by atoms with Crippen molar-refractivity contribution in [1.29, 1.82) is 0 Å². The van der Waals surface area contributed by atoms with Crippen LogP contribution in [-0.2, 0) is 6.42 Å². The molecule has 2 nitrogen and oxygen atoms in total. The molecule has 1 saturated heterocycles. The predicted molar refractivity (Wildman–Crippen MR) is 96.7 cm³/mol. The predicted octanol–water partition coefficient (Wildman–Crippen LogP) is 3.82. The van der Waals surface area contributed by atoms with Gasteiger partial charge in [0.1, 0.15) is 0 Å². The van der Waals surface area contributed by atoms with Gasteiger partial charge in [-0.3, -0.25) is 0 Å². The number of nitrogens with zero attached hydrogens (tertiary/aromatic N) is 2. The molecule has 1 aliphatic heterocycles. The summed E-state index contributed by atoms with van der Waals surface area (Å²) < 4.78 is 0. The van der Waals surface area contributed by atoms with Gasteiger partial charge in [0, 0.05) is 39.3 Å². The first kappa shape index (κ1) is 15.7. The fourth-order valence-corrected chi connectivity index (χ4v) is 5.00. The van der Waals surface area contributed by atoms with Gasteiger partial charge in [-0.2, -0.15) is 0 Å². The molecule has 1 aromatic carbocycles. The van der Waals surface area contributed by atoms with E-state index in [1.54, 1.807) is 6.42 Å². The zero-order valence-electron chi connectivity index (χ0n) is 14.6. The number of hydrogen-bond donors (Lipinski definition) is 0. The van der Waals surface area contributed by atoms with Crippen molar-refractivity contribution in [3.63, 3.8) is 0 Å². The van der Waals surface area contributed by atoms with Gasteiger partial charge in [-0.05, 0) is 42.6 Å². The average Bonchev–Trinajstić information content (AvgIpc) is 3.26. The minimum Gasteiger partial charge on any atom is -0.300 e. The standard InChI is InChI=1S/C21H32N2/c1-3-7-19(8-4-1)9-12-22-13-15-23(16-14-22)18-20-17-21(20)10-5-2-6-11-21/h1,3-4,7-8,20H,2,5-6,9-18H2/t20-/m0/s1. The summed E-state index contributed by atoms with van der Waals surface area (Å²) in [5.74, 6) is 1.04. The molecule has 0 aromatic heterocycles.